The van der Waals surface area contributed by atoms with Crippen molar-refractivity contribution in [3.8, 4) is 0 Å². The van der Waals surface area contributed by atoms with Gasteiger partial charge in [0, 0.05) is 0 Å². The molecule has 0 rings (SSSR count). The lowest BCUT2D eigenvalue weighted by molar-refractivity contribution is -0.142. The van der Waals surface area contributed by atoms with Crippen molar-refractivity contribution in [1.82, 2.24) is 0 Å². The average Bonchev–Trinajstić information content (AvgIpc) is 2.01. The van der Waals surface area contributed by atoms with Gasteiger partial charge in [-0.3, -0.25) is 9.59 Å². The molecule has 6 N–H and O–H groups in total. The monoisotopic (exact) mass is 234 g/mol. The van der Waals surface area contributed by atoms with E-state index in [4.69, 9.17) is 21.7 Å². The van der Waals surface area contributed by atoms with Crippen molar-refractivity contribution < 1.29 is 19.8 Å². The molecule has 0 amide bonds. The van der Waals surface area contributed by atoms with Gasteiger partial charge in [-0.25, -0.2) is 0 Å². The van der Waals surface area contributed by atoms with Crippen LogP contribution in [-0.4, -0.2) is 33.7 Å². The summed E-state index contributed by atoms with van der Waals surface area (Å²) in [7, 11) is 0. The molecule has 0 aromatic heterocycles. The van der Waals surface area contributed by atoms with Gasteiger partial charge in [0.15, 0.2) is 0 Å². The maximum absolute atomic E-state index is 10.1. The number of rotatable bonds is 4. The number of aliphatic carboxylic acids is 2. The Morgan fingerprint density at radius 2 is 1.56 bits per heavy atom. The minimum Gasteiger partial charge on any atom is -0.480 e. The number of hydrogen-bond donors (Lipinski definition) is 4. The summed E-state index contributed by atoms with van der Waals surface area (Å²) >= 11 is 0. The second kappa shape index (κ2) is 7.19. The minimum atomic E-state index is -1.08. The van der Waals surface area contributed by atoms with E-state index < -0.39 is 23.5 Å². The summed E-state index contributed by atoms with van der Waals surface area (Å²) in [5.74, 6) is -1.53. The molecule has 6 heteroatoms. The molecule has 1 atom stereocenters. The zero-order chi connectivity index (χ0) is 13.5. The van der Waals surface area contributed by atoms with Crippen molar-refractivity contribution in [2.24, 2.45) is 17.4 Å². The van der Waals surface area contributed by atoms with Gasteiger partial charge in [0.2, 0.25) is 0 Å². The number of carboxylic acid groups (broad SMARTS) is 2. The van der Waals surface area contributed by atoms with Gasteiger partial charge in [0.25, 0.3) is 0 Å². The Morgan fingerprint density at radius 1 is 1.25 bits per heavy atom. The highest BCUT2D eigenvalue weighted by Crippen LogP contribution is 2.01. The van der Waals surface area contributed by atoms with Gasteiger partial charge < -0.3 is 21.7 Å². The van der Waals surface area contributed by atoms with Crippen LogP contribution in [0.15, 0.2) is 0 Å². The zero-order valence-electron chi connectivity index (χ0n) is 10.2. The molecular weight excluding hydrogens is 212 g/mol. The summed E-state index contributed by atoms with van der Waals surface area (Å²) in [6.45, 7) is 6.77. The molecule has 16 heavy (non-hydrogen) atoms. The number of carbonyl (C=O) groups is 2. The van der Waals surface area contributed by atoms with Crippen molar-refractivity contribution in [3.63, 3.8) is 0 Å². The van der Waals surface area contributed by atoms with Crippen LogP contribution in [0.3, 0.4) is 0 Å². The fraction of sp³-hybridized carbons (Fsp3) is 0.800. The second-order valence-corrected chi connectivity index (χ2v) is 4.60. The lowest BCUT2D eigenvalue weighted by atomic mass is 10.1. The van der Waals surface area contributed by atoms with E-state index >= 15 is 0 Å². The molecule has 0 unspecified atom stereocenters. The first-order valence-corrected chi connectivity index (χ1v) is 4.99. The van der Waals surface area contributed by atoms with E-state index in [9.17, 15) is 9.59 Å². The third-order valence-electron chi connectivity index (χ3n) is 1.59. The topological polar surface area (TPSA) is 127 Å². The standard InChI is InChI=1S/C6H13NO2.C4H9NO2/c1-4(2)3-5(7)6(8)9;1-4(2,5)3(6)7/h4-5H,3,7H2,1-2H3,(H,8,9);5H2,1-2H3,(H,6,7)/t5-;/m0./s1. The highest BCUT2D eigenvalue weighted by Gasteiger charge is 2.19. The number of nitrogens with two attached hydrogens (primary N) is 2. The summed E-state index contributed by atoms with van der Waals surface area (Å²) in [6, 6.07) is -0.690. The lowest BCUT2D eigenvalue weighted by Gasteiger charge is -2.09. The normalized spacial score (nSPS) is 12.7. The van der Waals surface area contributed by atoms with Gasteiger partial charge in [0.1, 0.15) is 11.6 Å². The van der Waals surface area contributed by atoms with Gasteiger partial charge in [-0.05, 0) is 26.2 Å². The van der Waals surface area contributed by atoms with Crippen molar-refractivity contribution in [2.75, 3.05) is 0 Å². The molecule has 0 aromatic carbocycles. The van der Waals surface area contributed by atoms with E-state index in [1.807, 2.05) is 13.8 Å². The predicted molar refractivity (Wildman–Crippen MR) is 61.0 cm³/mol. The van der Waals surface area contributed by atoms with Crippen LogP contribution in [0.1, 0.15) is 34.1 Å². The zero-order valence-corrected chi connectivity index (χ0v) is 10.2. The largest absolute Gasteiger partial charge is 0.480 e. The van der Waals surface area contributed by atoms with E-state index in [0.29, 0.717) is 12.3 Å². The molecule has 0 aliphatic rings. The first kappa shape index (κ1) is 17.3. The Hall–Kier alpha value is -1.14. The van der Waals surface area contributed by atoms with Crippen LogP contribution in [-0.2, 0) is 9.59 Å². The van der Waals surface area contributed by atoms with Gasteiger partial charge in [0.05, 0.1) is 0 Å². The molecule has 0 saturated heterocycles. The number of hydrogen-bond acceptors (Lipinski definition) is 4. The molecule has 0 aliphatic carbocycles. The van der Waals surface area contributed by atoms with Crippen LogP contribution in [0.4, 0.5) is 0 Å². The summed E-state index contributed by atoms with van der Waals surface area (Å²) in [5, 5.41) is 16.4. The molecule has 0 radical (unpaired) electrons. The van der Waals surface area contributed by atoms with E-state index in [1.165, 1.54) is 13.8 Å². The van der Waals surface area contributed by atoms with Gasteiger partial charge >= 0.3 is 11.9 Å². The molecule has 0 fully saturated rings. The molecule has 0 aromatic rings. The molecule has 6 nitrogen and oxygen atoms in total. The first-order chi connectivity index (χ1) is 6.98. The quantitative estimate of drug-likeness (QED) is 0.552. The predicted octanol–water partition coefficient (Wildman–Crippen LogP) is 0.253. The van der Waals surface area contributed by atoms with Crippen molar-refractivity contribution in [1.29, 1.82) is 0 Å². The molecule has 0 heterocycles. The highest BCUT2D eigenvalue weighted by molar-refractivity contribution is 5.77. The molecule has 0 bridgehead atoms. The van der Waals surface area contributed by atoms with Crippen molar-refractivity contribution in [3.05, 3.63) is 0 Å². The van der Waals surface area contributed by atoms with E-state index in [0.717, 1.165) is 0 Å². The van der Waals surface area contributed by atoms with Gasteiger partial charge in [-0.15, -0.1) is 0 Å². The Kier molecular flexibility index (Phi) is 7.75. The van der Waals surface area contributed by atoms with Crippen LogP contribution in [0, 0.1) is 5.92 Å². The minimum absolute atomic E-state index is 0.357. The average molecular weight is 234 g/mol. The van der Waals surface area contributed by atoms with Gasteiger partial charge in [-0.2, -0.15) is 0 Å². The van der Waals surface area contributed by atoms with Gasteiger partial charge in [-0.1, -0.05) is 13.8 Å². The third kappa shape index (κ3) is 10.9. The fourth-order valence-electron chi connectivity index (χ4n) is 0.609. The maximum Gasteiger partial charge on any atom is 0.323 e. The fourth-order valence-corrected chi connectivity index (χ4v) is 0.609. The highest BCUT2D eigenvalue weighted by atomic mass is 16.4. The molecule has 96 valence electrons. The molecular formula is C10H22N2O4. The third-order valence-corrected chi connectivity index (χ3v) is 1.59. The van der Waals surface area contributed by atoms with Crippen LogP contribution in [0.5, 0.6) is 0 Å². The van der Waals surface area contributed by atoms with Crippen LogP contribution in [0.2, 0.25) is 0 Å². The van der Waals surface area contributed by atoms with Crippen LogP contribution < -0.4 is 11.5 Å². The van der Waals surface area contributed by atoms with Crippen molar-refractivity contribution >= 4 is 11.9 Å². The number of carboxylic acids is 2. The Bertz CT molecular complexity index is 233. The van der Waals surface area contributed by atoms with E-state index in [-0.39, 0.29) is 0 Å². The summed E-state index contributed by atoms with van der Waals surface area (Å²) in [6.07, 6.45) is 0.551. The summed E-state index contributed by atoms with van der Waals surface area (Å²) in [5.41, 5.74) is 9.21. The maximum atomic E-state index is 10.1. The first-order valence-electron chi connectivity index (χ1n) is 4.99. The van der Waals surface area contributed by atoms with Crippen molar-refractivity contribution in [2.45, 2.75) is 45.7 Å². The van der Waals surface area contributed by atoms with E-state index in [2.05, 4.69) is 0 Å². The molecule has 0 aliphatic heterocycles. The van der Waals surface area contributed by atoms with E-state index in [1.54, 1.807) is 0 Å². The lowest BCUT2D eigenvalue weighted by Crippen LogP contribution is -2.41. The summed E-state index contributed by atoms with van der Waals surface area (Å²) in [4.78, 5) is 20.0. The Labute approximate surface area is 95.6 Å². The van der Waals surface area contributed by atoms with Crippen LogP contribution >= 0.6 is 0 Å². The Morgan fingerprint density at radius 3 is 1.62 bits per heavy atom. The SMILES string of the molecule is CC(C)(N)C(=O)O.CC(C)C[C@H](N)C(=O)O. The molecule has 0 spiro atoms. The second-order valence-electron chi connectivity index (χ2n) is 4.60. The smallest absolute Gasteiger partial charge is 0.323 e. The Balaban J connectivity index is 0. The van der Waals surface area contributed by atoms with Crippen LogP contribution in [0.25, 0.3) is 0 Å². The molecule has 0 saturated carbocycles. The summed E-state index contributed by atoms with van der Waals surface area (Å²) < 4.78 is 0.